The zero-order chi connectivity index (χ0) is 12.7. The number of carbonyl (C=O) groups excluding carboxylic acids is 2. The van der Waals surface area contributed by atoms with Crippen LogP contribution in [0.4, 0.5) is 0 Å². The molecule has 3 heterocycles. The summed E-state index contributed by atoms with van der Waals surface area (Å²) in [6.07, 6.45) is 2.76. The Hall–Kier alpha value is -0.880. The highest BCUT2D eigenvalue weighted by Crippen LogP contribution is 2.35. The summed E-state index contributed by atoms with van der Waals surface area (Å²) in [6.45, 7) is 1.29. The van der Waals surface area contributed by atoms with E-state index in [1.807, 2.05) is 6.07 Å². The maximum Gasteiger partial charge on any atom is 0.265 e. The molecule has 1 atom stereocenters. The van der Waals surface area contributed by atoms with E-state index in [-0.39, 0.29) is 17.9 Å². The van der Waals surface area contributed by atoms with E-state index in [1.54, 1.807) is 4.90 Å². The molecule has 1 N–H and O–H groups in total. The van der Waals surface area contributed by atoms with Gasteiger partial charge in [-0.1, -0.05) is 0 Å². The van der Waals surface area contributed by atoms with Crippen LogP contribution in [-0.2, 0) is 11.3 Å². The molecule has 1 unspecified atom stereocenters. The molecule has 2 amide bonds. The van der Waals surface area contributed by atoms with Crippen molar-refractivity contribution in [2.75, 3.05) is 6.54 Å². The van der Waals surface area contributed by atoms with E-state index in [2.05, 4.69) is 21.2 Å². The first-order valence-electron chi connectivity index (χ1n) is 6.03. The minimum atomic E-state index is -0.293. The van der Waals surface area contributed by atoms with Crippen LogP contribution in [0.3, 0.4) is 0 Å². The van der Waals surface area contributed by atoms with Crippen LogP contribution in [0.1, 0.15) is 34.5 Å². The van der Waals surface area contributed by atoms with E-state index < -0.39 is 0 Å². The Kier molecular flexibility index (Phi) is 3.15. The minimum Gasteiger partial charge on any atom is -0.354 e. The summed E-state index contributed by atoms with van der Waals surface area (Å²) in [5.74, 6) is -0.00202. The largest absolute Gasteiger partial charge is 0.354 e. The summed E-state index contributed by atoms with van der Waals surface area (Å²) < 4.78 is 0.978. The lowest BCUT2D eigenvalue weighted by molar-refractivity contribution is -0.125. The predicted octanol–water partition coefficient (Wildman–Crippen LogP) is 2.14. The van der Waals surface area contributed by atoms with Crippen LogP contribution in [0, 0.1) is 0 Å². The third kappa shape index (κ3) is 1.97. The molecule has 6 heteroatoms. The van der Waals surface area contributed by atoms with E-state index in [9.17, 15) is 9.59 Å². The number of nitrogens with zero attached hydrogens (tertiary/aromatic N) is 1. The average Bonchev–Trinajstić information content (AvgIpc) is 2.73. The third-order valence-corrected chi connectivity index (χ3v) is 5.13. The fraction of sp³-hybridized carbons (Fsp3) is 0.500. The van der Waals surface area contributed by atoms with Crippen LogP contribution < -0.4 is 5.32 Å². The Morgan fingerprint density at radius 1 is 1.39 bits per heavy atom. The molecule has 2 aliphatic heterocycles. The molecule has 4 nitrogen and oxygen atoms in total. The van der Waals surface area contributed by atoms with Crippen molar-refractivity contribution < 1.29 is 9.59 Å². The van der Waals surface area contributed by atoms with Gasteiger partial charge >= 0.3 is 0 Å². The zero-order valence-corrected chi connectivity index (χ0v) is 12.1. The van der Waals surface area contributed by atoms with Gasteiger partial charge in [0.05, 0.1) is 8.66 Å². The van der Waals surface area contributed by atoms with Crippen LogP contribution >= 0.6 is 27.3 Å². The highest BCUT2D eigenvalue weighted by Gasteiger charge is 2.37. The number of amides is 2. The molecule has 2 aliphatic rings. The fourth-order valence-corrected chi connectivity index (χ4v) is 4.17. The number of nitrogens with one attached hydrogen (secondary N) is 1. The van der Waals surface area contributed by atoms with Crippen LogP contribution in [0.25, 0.3) is 0 Å². The SMILES string of the molecule is O=C1NCCCCC1N1Cc2cc(Br)sc2C1=O. The van der Waals surface area contributed by atoms with E-state index in [4.69, 9.17) is 0 Å². The number of thiophene rings is 1. The molecule has 1 saturated heterocycles. The molecule has 18 heavy (non-hydrogen) atoms. The number of hydrogen-bond donors (Lipinski definition) is 1. The molecule has 3 rings (SSSR count). The van der Waals surface area contributed by atoms with Crippen molar-refractivity contribution >= 4 is 39.1 Å². The van der Waals surface area contributed by atoms with Crippen molar-refractivity contribution in [3.63, 3.8) is 0 Å². The average molecular weight is 329 g/mol. The number of hydrogen-bond acceptors (Lipinski definition) is 3. The summed E-state index contributed by atoms with van der Waals surface area (Å²) in [4.78, 5) is 26.8. The summed E-state index contributed by atoms with van der Waals surface area (Å²) >= 11 is 4.85. The number of halogens is 1. The smallest absolute Gasteiger partial charge is 0.265 e. The Morgan fingerprint density at radius 2 is 2.22 bits per heavy atom. The molecule has 0 saturated carbocycles. The van der Waals surface area contributed by atoms with Gasteiger partial charge in [-0.3, -0.25) is 9.59 Å². The monoisotopic (exact) mass is 328 g/mol. The highest BCUT2D eigenvalue weighted by atomic mass is 79.9. The van der Waals surface area contributed by atoms with Gasteiger partial charge in [-0.05, 0) is 46.8 Å². The second-order valence-corrected chi connectivity index (χ2v) is 7.07. The van der Waals surface area contributed by atoms with Gasteiger partial charge in [-0.15, -0.1) is 11.3 Å². The van der Waals surface area contributed by atoms with Gasteiger partial charge in [-0.2, -0.15) is 0 Å². The summed E-state index contributed by atoms with van der Waals surface area (Å²) in [7, 11) is 0. The number of fused-ring (bicyclic) bond motifs is 1. The maximum atomic E-state index is 12.3. The predicted molar refractivity (Wildman–Crippen MR) is 72.5 cm³/mol. The fourth-order valence-electron chi connectivity index (χ4n) is 2.55. The Balaban J connectivity index is 1.84. The van der Waals surface area contributed by atoms with Crippen molar-refractivity contribution in [3.8, 4) is 0 Å². The summed E-state index contributed by atoms with van der Waals surface area (Å²) in [5, 5.41) is 2.88. The van der Waals surface area contributed by atoms with Gasteiger partial charge in [0.2, 0.25) is 5.91 Å². The Morgan fingerprint density at radius 3 is 3.00 bits per heavy atom. The standard InChI is InChI=1S/C12H13BrN2O2S/c13-9-5-7-6-15(12(17)10(7)18-9)8-3-1-2-4-14-11(8)16/h5,8H,1-4,6H2,(H,14,16). The van der Waals surface area contributed by atoms with E-state index in [1.165, 1.54) is 11.3 Å². The molecular formula is C12H13BrN2O2S. The van der Waals surface area contributed by atoms with Crippen molar-refractivity contribution in [2.45, 2.75) is 31.8 Å². The maximum absolute atomic E-state index is 12.3. The lowest BCUT2D eigenvalue weighted by Gasteiger charge is -2.25. The van der Waals surface area contributed by atoms with Gasteiger partial charge in [0, 0.05) is 13.1 Å². The first-order valence-corrected chi connectivity index (χ1v) is 7.64. The van der Waals surface area contributed by atoms with Gasteiger partial charge in [0.1, 0.15) is 6.04 Å². The highest BCUT2D eigenvalue weighted by molar-refractivity contribution is 9.11. The van der Waals surface area contributed by atoms with Crippen molar-refractivity contribution in [1.82, 2.24) is 10.2 Å². The Bertz CT molecular complexity index is 514. The van der Waals surface area contributed by atoms with Crippen LogP contribution in [-0.4, -0.2) is 29.3 Å². The second-order valence-electron chi connectivity index (χ2n) is 4.64. The van der Waals surface area contributed by atoms with E-state index in [0.717, 1.165) is 40.0 Å². The molecule has 1 fully saturated rings. The van der Waals surface area contributed by atoms with Crippen LogP contribution in [0.15, 0.2) is 9.85 Å². The molecule has 1 aromatic rings. The lowest BCUT2D eigenvalue weighted by Crippen LogP contribution is -2.45. The minimum absolute atomic E-state index is 0.00255. The summed E-state index contributed by atoms with van der Waals surface area (Å²) in [6, 6.07) is 1.69. The van der Waals surface area contributed by atoms with E-state index in [0.29, 0.717) is 6.54 Å². The number of carbonyl (C=O) groups is 2. The quantitative estimate of drug-likeness (QED) is 0.858. The third-order valence-electron chi connectivity index (χ3n) is 3.46. The van der Waals surface area contributed by atoms with Gasteiger partial charge in [0.25, 0.3) is 5.91 Å². The lowest BCUT2D eigenvalue weighted by atomic mass is 10.1. The topological polar surface area (TPSA) is 49.4 Å². The molecular weight excluding hydrogens is 316 g/mol. The molecule has 0 spiro atoms. The molecule has 1 aromatic heterocycles. The molecule has 0 aromatic carbocycles. The van der Waals surface area contributed by atoms with Gasteiger partial charge in [0.15, 0.2) is 0 Å². The normalized spacial score (nSPS) is 23.8. The van der Waals surface area contributed by atoms with Gasteiger partial charge in [-0.25, -0.2) is 0 Å². The molecule has 0 bridgehead atoms. The summed E-state index contributed by atoms with van der Waals surface area (Å²) in [5.41, 5.74) is 1.04. The molecule has 96 valence electrons. The van der Waals surface area contributed by atoms with E-state index >= 15 is 0 Å². The molecule has 0 aliphatic carbocycles. The first kappa shape index (κ1) is 12.2. The second kappa shape index (κ2) is 4.66. The first-order chi connectivity index (χ1) is 8.66. The van der Waals surface area contributed by atoms with Crippen molar-refractivity contribution in [1.29, 1.82) is 0 Å². The number of rotatable bonds is 1. The molecule has 0 radical (unpaired) electrons. The Labute approximate surface area is 117 Å². The van der Waals surface area contributed by atoms with Crippen LogP contribution in [0.5, 0.6) is 0 Å². The van der Waals surface area contributed by atoms with Gasteiger partial charge < -0.3 is 10.2 Å². The zero-order valence-electron chi connectivity index (χ0n) is 9.74. The van der Waals surface area contributed by atoms with Crippen LogP contribution in [0.2, 0.25) is 0 Å². The van der Waals surface area contributed by atoms with Crippen molar-refractivity contribution in [3.05, 3.63) is 20.3 Å². The van der Waals surface area contributed by atoms with Crippen molar-refractivity contribution in [2.24, 2.45) is 0 Å².